The third kappa shape index (κ3) is 6.39. The topological polar surface area (TPSA) is 84.5 Å². The summed E-state index contributed by atoms with van der Waals surface area (Å²) < 4.78 is 17.8. The maximum atomic E-state index is 13.0. The quantitative estimate of drug-likeness (QED) is 0.602. The molecule has 2 aromatic rings. The first-order valence-corrected chi connectivity index (χ1v) is 8.12. The van der Waals surface area contributed by atoms with E-state index in [4.69, 9.17) is 4.74 Å². The fourth-order valence-corrected chi connectivity index (χ4v) is 2.12. The van der Waals surface area contributed by atoms with E-state index >= 15 is 0 Å². The minimum Gasteiger partial charge on any atom is -0.452 e. The van der Waals surface area contributed by atoms with Crippen LogP contribution in [-0.4, -0.2) is 24.4 Å². The summed E-state index contributed by atoms with van der Waals surface area (Å²) in [5, 5.41) is 5.16. The van der Waals surface area contributed by atoms with Crippen molar-refractivity contribution < 1.29 is 23.5 Å². The van der Waals surface area contributed by atoms with Gasteiger partial charge < -0.3 is 15.4 Å². The van der Waals surface area contributed by atoms with E-state index in [1.807, 2.05) is 0 Å². The molecule has 2 N–H and O–H groups in total. The minimum atomic E-state index is -0.618. The number of hydrogen-bond donors (Lipinski definition) is 2. The largest absolute Gasteiger partial charge is 0.452 e. The molecule has 0 unspecified atom stereocenters. The van der Waals surface area contributed by atoms with Crippen LogP contribution in [0.25, 0.3) is 0 Å². The summed E-state index contributed by atoms with van der Waals surface area (Å²) in [6.07, 6.45) is 1.28. The fraction of sp³-hybridized carbons (Fsp3) is 0.150. The molecule has 0 bridgehead atoms. The van der Waals surface area contributed by atoms with Crippen molar-refractivity contribution in [1.82, 2.24) is 0 Å². The standard InChI is InChI=1S/C20H19FN2O4/c1-13(2)11-19(25)27-12-18(24)23-17-6-4-3-5-16(17)20(26)22-15-9-7-14(21)8-10-15/h3-11H,12H2,1-2H3,(H,22,26)(H,23,24). The van der Waals surface area contributed by atoms with Crippen molar-refractivity contribution in [3.05, 3.63) is 71.6 Å². The Morgan fingerprint density at radius 1 is 1.00 bits per heavy atom. The molecular weight excluding hydrogens is 351 g/mol. The van der Waals surface area contributed by atoms with E-state index in [2.05, 4.69) is 10.6 Å². The molecule has 140 valence electrons. The normalized spacial score (nSPS) is 9.89. The number of carbonyl (C=O) groups is 3. The number of carbonyl (C=O) groups excluding carboxylic acids is 3. The molecule has 0 spiro atoms. The van der Waals surface area contributed by atoms with Gasteiger partial charge in [0.1, 0.15) is 5.82 Å². The summed E-state index contributed by atoms with van der Waals surface area (Å²) in [6.45, 7) is 2.99. The number of halogens is 1. The van der Waals surface area contributed by atoms with E-state index in [0.29, 0.717) is 5.69 Å². The lowest BCUT2D eigenvalue weighted by molar-refractivity contribution is -0.142. The first-order chi connectivity index (χ1) is 12.8. The summed E-state index contributed by atoms with van der Waals surface area (Å²) in [4.78, 5) is 35.9. The van der Waals surface area contributed by atoms with Crippen molar-refractivity contribution >= 4 is 29.2 Å². The molecule has 0 aliphatic heterocycles. The molecule has 0 fully saturated rings. The van der Waals surface area contributed by atoms with Gasteiger partial charge in [-0.05, 0) is 50.2 Å². The number of para-hydroxylation sites is 1. The van der Waals surface area contributed by atoms with Crippen LogP contribution < -0.4 is 10.6 Å². The summed E-state index contributed by atoms with van der Waals surface area (Å²) in [5.74, 6) is -2.08. The van der Waals surface area contributed by atoms with Crippen molar-refractivity contribution in [3.63, 3.8) is 0 Å². The van der Waals surface area contributed by atoms with Gasteiger partial charge in [-0.15, -0.1) is 0 Å². The summed E-state index contributed by atoms with van der Waals surface area (Å²) in [5.41, 5.74) is 1.65. The van der Waals surface area contributed by atoms with Gasteiger partial charge in [0, 0.05) is 11.8 Å². The molecule has 0 aromatic heterocycles. The van der Waals surface area contributed by atoms with Crippen LogP contribution in [-0.2, 0) is 14.3 Å². The zero-order valence-corrected chi connectivity index (χ0v) is 14.9. The zero-order chi connectivity index (χ0) is 19.8. The Morgan fingerprint density at radius 2 is 1.67 bits per heavy atom. The predicted octanol–water partition coefficient (Wildman–Crippen LogP) is 3.53. The number of rotatable bonds is 6. The summed E-state index contributed by atoms with van der Waals surface area (Å²) >= 11 is 0. The molecule has 2 aromatic carbocycles. The Bertz CT molecular complexity index is 872. The minimum absolute atomic E-state index is 0.214. The number of allylic oxidation sites excluding steroid dienone is 1. The first-order valence-electron chi connectivity index (χ1n) is 8.12. The van der Waals surface area contributed by atoms with Gasteiger partial charge in [-0.25, -0.2) is 9.18 Å². The van der Waals surface area contributed by atoms with Crippen LogP contribution in [0.15, 0.2) is 60.2 Å². The molecule has 0 saturated heterocycles. The van der Waals surface area contributed by atoms with Crippen LogP contribution in [0.5, 0.6) is 0 Å². The second-order valence-electron chi connectivity index (χ2n) is 5.88. The highest BCUT2D eigenvalue weighted by molar-refractivity contribution is 6.10. The number of benzene rings is 2. The lowest BCUT2D eigenvalue weighted by Crippen LogP contribution is -2.22. The molecule has 0 atom stereocenters. The lowest BCUT2D eigenvalue weighted by Gasteiger charge is -2.11. The molecule has 27 heavy (non-hydrogen) atoms. The molecule has 6 nitrogen and oxygen atoms in total. The number of ether oxygens (including phenoxy) is 1. The van der Waals surface area contributed by atoms with Crippen molar-refractivity contribution in [2.24, 2.45) is 0 Å². The van der Waals surface area contributed by atoms with E-state index in [-0.39, 0.29) is 11.3 Å². The SMILES string of the molecule is CC(C)=CC(=O)OCC(=O)Nc1ccccc1C(=O)Nc1ccc(F)cc1. The Labute approximate surface area is 156 Å². The van der Waals surface area contributed by atoms with Crippen LogP contribution in [0, 0.1) is 5.82 Å². The zero-order valence-electron chi connectivity index (χ0n) is 14.9. The van der Waals surface area contributed by atoms with Crippen LogP contribution in [0.3, 0.4) is 0 Å². The monoisotopic (exact) mass is 370 g/mol. The molecule has 0 heterocycles. The number of anilines is 2. The van der Waals surface area contributed by atoms with Crippen molar-refractivity contribution in [1.29, 1.82) is 0 Å². The number of amides is 2. The second-order valence-corrected chi connectivity index (χ2v) is 5.88. The molecule has 2 rings (SSSR count). The lowest BCUT2D eigenvalue weighted by atomic mass is 10.1. The molecular formula is C20H19FN2O4. The number of hydrogen-bond acceptors (Lipinski definition) is 4. The van der Waals surface area contributed by atoms with E-state index in [1.54, 1.807) is 32.0 Å². The summed E-state index contributed by atoms with van der Waals surface area (Å²) in [7, 11) is 0. The van der Waals surface area contributed by atoms with E-state index < -0.39 is 30.2 Å². The molecule has 2 amide bonds. The summed E-state index contributed by atoms with van der Waals surface area (Å²) in [6, 6.07) is 11.7. The van der Waals surface area contributed by atoms with Crippen LogP contribution >= 0.6 is 0 Å². The third-order valence-electron chi connectivity index (χ3n) is 3.30. The Kier molecular flexibility index (Phi) is 6.82. The second kappa shape index (κ2) is 9.28. The van der Waals surface area contributed by atoms with E-state index in [9.17, 15) is 18.8 Å². The van der Waals surface area contributed by atoms with Crippen molar-refractivity contribution in [3.8, 4) is 0 Å². The van der Waals surface area contributed by atoms with Crippen molar-refractivity contribution in [2.75, 3.05) is 17.2 Å². The highest BCUT2D eigenvalue weighted by atomic mass is 19.1. The highest BCUT2D eigenvalue weighted by Crippen LogP contribution is 2.17. The third-order valence-corrected chi connectivity index (χ3v) is 3.30. The van der Waals surface area contributed by atoms with Gasteiger partial charge in [0.2, 0.25) is 0 Å². The Balaban J connectivity index is 2.03. The van der Waals surface area contributed by atoms with Crippen molar-refractivity contribution in [2.45, 2.75) is 13.8 Å². The molecule has 7 heteroatoms. The maximum Gasteiger partial charge on any atom is 0.331 e. The van der Waals surface area contributed by atoms with Gasteiger partial charge in [-0.1, -0.05) is 17.7 Å². The van der Waals surface area contributed by atoms with Gasteiger partial charge in [0.25, 0.3) is 11.8 Å². The van der Waals surface area contributed by atoms with E-state index in [1.165, 1.54) is 36.4 Å². The van der Waals surface area contributed by atoms with Gasteiger partial charge in [0.05, 0.1) is 11.3 Å². The Morgan fingerprint density at radius 3 is 2.33 bits per heavy atom. The average Bonchev–Trinajstić information content (AvgIpc) is 2.62. The van der Waals surface area contributed by atoms with Crippen LogP contribution in [0.1, 0.15) is 24.2 Å². The van der Waals surface area contributed by atoms with Gasteiger partial charge in [-0.3, -0.25) is 9.59 Å². The van der Waals surface area contributed by atoms with Crippen LogP contribution in [0.2, 0.25) is 0 Å². The number of nitrogens with one attached hydrogen (secondary N) is 2. The fourth-order valence-electron chi connectivity index (χ4n) is 2.12. The molecule has 0 saturated carbocycles. The highest BCUT2D eigenvalue weighted by Gasteiger charge is 2.14. The molecule has 0 radical (unpaired) electrons. The van der Waals surface area contributed by atoms with Gasteiger partial charge >= 0.3 is 5.97 Å². The van der Waals surface area contributed by atoms with Gasteiger partial charge in [-0.2, -0.15) is 0 Å². The van der Waals surface area contributed by atoms with Gasteiger partial charge in [0.15, 0.2) is 6.61 Å². The average molecular weight is 370 g/mol. The van der Waals surface area contributed by atoms with E-state index in [0.717, 1.165) is 5.57 Å². The Hall–Kier alpha value is -3.48. The van der Waals surface area contributed by atoms with Crippen LogP contribution in [0.4, 0.5) is 15.8 Å². The number of esters is 1. The molecule has 0 aliphatic rings. The molecule has 0 aliphatic carbocycles. The maximum absolute atomic E-state index is 13.0. The smallest absolute Gasteiger partial charge is 0.331 e. The predicted molar refractivity (Wildman–Crippen MR) is 99.8 cm³/mol. The first kappa shape index (κ1) is 19.8.